The highest BCUT2D eigenvalue weighted by Gasteiger charge is 2.26. The molecule has 0 bridgehead atoms. The van der Waals surface area contributed by atoms with Crippen molar-refractivity contribution in [2.75, 3.05) is 13.1 Å². The molecule has 102 valence electrons. The Morgan fingerprint density at radius 3 is 3.15 bits per heavy atom. The molecule has 0 saturated carbocycles. The first-order chi connectivity index (χ1) is 9.90. The van der Waals surface area contributed by atoms with Gasteiger partial charge in [-0.15, -0.1) is 0 Å². The van der Waals surface area contributed by atoms with Crippen molar-refractivity contribution in [1.82, 2.24) is 15.0 Å². The van der Waals surface area contributed by atoms with Crippen LogP contribution >= 0.6 is 0 Å². The van der Waals surface area contributed by atoms with E-state index in [1.807, 2.05) is 6.07 Å². The summed E-state index contributed by atoms with van der Waals surface area (Å²) in [4.78, 5) is 5.83. The average Bonchev–Trinajstić information content (AvgIpc) is 3.18. The van der Waals surface area contributed by atoms with Gasteiger partial charge < -0.3 is 9.51 Å². The van der Waals surface area contributed by atoms with Crippen LogP contribution in [0.1, 0.15) is 23.6 Å². The summed E-state index contributed by atoms with van der Waals surface area (Å²) in [5.74, 6) is 0.609. The van der Waals surface area contributed by atoms with Crippen molar-refractivity contribution >= 4 is 10.9 Å². The summed E-state index contributed by atoms with van der Waals surface area (Å²) >= 11 is 0. The number of rotatable bonds is 3. The number of nitrogens with one attached hydrogen (secondary N) is 1. The molecular formula is C16H17N3O. The number of aromatic nitrogens is 2. The molecule has 0 unspecified atom stereocenters. The zero-order chi connectivity index (χ0) is 13.4. The Bertz CT molecular complexity index is 701. The van der Waals surface area contributed by atoms with Gasteiger partial charge >= 0.3 is 0 Å². The highest BCUT2D eigenvalue weighted by atomic mass is 16.5. The molecule has 0 amide bonds. The Balaban J connectivity index is 1.53. The summed E-state index contributed by atoms with van der Waals surface area (Å²) < 4.78 is 4.90. The van der Waals surface area contributed by atoms with Gasteiger partial charge in [0.1, 0.15) is 6.26 Å². The van der Waals surface area contributed by atoms with E-state index in [-0.39, 0.29) is 0 Å². The molecule has 3 aromatic rings. The minimum absolute atomic E-state index is 0.609. The second-order valence-corrected chi connectivity index (χ2v) is 5.50. The lowest BCUT2D eigenvalue weighted by Gasteiger charge is -2.14. The Kier molecular flexibility index (Phi) is 2.81. The van der Waals surface area contributed by atoms with E-state index >= 15 is 0 Å². The van der Waals surface area contributed by atoms with E-state index in [9.17, 15) is 0 Å². The molecule has 2 aromatic heterocycles. The average molecular weight is 267 g/mol. The molecule has 4 rings (SSSR count). The van der Waals surface area contributed by atoms with Gasteiger partial charge in [-0.1, -0.05) is 23.4 Å². The third kappa shape index (κ3) is 2.02. The smallest absolute Gasteiger partial charge is 0.124 e. The van der Waals surface area contributed by atoms with E-state index < -0.39 is 0 Å². The first-order valence-electron chi connectivity index (χ1n) is 7.08. The molecule has 0 radical (unpaired) electrons. The molecule has 1 N–H and O–H groups in total. The van der Waals surface area contributed by atoms with E-state index in [0.717, 1.165) is 25.3 Å². The number of benzene rings is 1. The van der Waals surface area contributed by atoms with E-state index in [4.69, 9.17) is 4.52 Å². The second-order valence-electron chi connectivity index (χ2n) is 5.50. The molecule has 1 aromatic carbocycles. The fourth-order valence-electron chi connectivity index (χ4n) is 3.21. The molecule has 1 fully saturated rings. The minimum Gasteiger partial charge on any atom is -0.364 e. The molecule has 1 aliphatic rings. The van der Waals surface area contributed by atoms with E-state index in [2.05, 4.69) is 45.5 Å². The number of hydrogen-bond donors (Lipinski definition) is 1. The molecule has 0 aliphatic carbocycles. The predicted octanol–water partition coefficient (Wildman–Crippen LogP) is 3.15. The molecule has 1 atom stereocenters. The highest BCUT2D eigenvalue weighted by Crippen LogP contribution is 2.32. The Labute approximate surface area is 117 Å². The molecular weight excluding hydrogens is 250 g/mol. The van der Waals surface area contributed by atoms with E-state index in [0.29, 0.717) is 5.92 Å². The van der Waals surface area contributed by atoms with E-state index in [1.165, 1.54) is 22.9 Å². The molecule has 20 heavy (non-hydrogen) atoms. The SMILES string of the molecule is c1ccc2c([C@H]3CCN(Cc4ccon4)C3)c[nH]c2c1. The molecule has 0 spiro atoms. The van der Waals surface area contributed by atoms with Gasteiger partial charge in [0, 0.05) is 36.3 Å². The van der Waals surface area contributed by atoms with Crippen LogP contribution in [0.4, 0.5) is 0 Å². The van der Waals surface area contributed by atoms with Crippen molar-refractivity contribution in [1.29, 1.82) is 0 Å². The normalized spacial score (nSPS) is 19.9. The fourth-order valence-corrected chi connectivity index (χ4v) is 3.21. The minimum atomic E-state index is 0.609. The van der Waals surface area contributed by atoms with Gasteiger partial charge in [0.05, 0.1) is 5.69 Å². The van der Waals surface area contributed by atoms with Crippen molar-refractivity contribution in [3.63, 3.8) is 0 Å². The Morgan fingerprint density at radius 2 is 2.25 bits per heavy atom. The number of nitrogens with zero attached hydrogens (tertiary/aromatic N) is 2. The van der Waals surface area contributed by atoms with E-state index in [1.54, 1.807) is 6.26 Å². The van der Waals surface area contributed by atoms with Crippen LogP contribution in [-0.2, 0) is 6.54 Å². The number of aromatic amines is 1. The molecule has 1 saturated heterocycles. The van der Waals surface area contributed by atoms with Gasteiger partial charge in [0.2, 0.25) is 0 Å². The van der Waals surface area contributed by atoms with Gasteiger partial charge in [-0.05, 0) is 30.5 Å². The number of likely N-dealkylation sites (tertiary alicyclic amines) is 1. The number of hydrogen-bond acceptors (Lipinski definition) is 3. The molecule has 1 aliphatic heterocycles. The summed E-state index contributed by atoms with van der Waals surface area (Å²) in [7, 11) is 0. The van der Waals surface area contributed by atoms with Crippen LogP contribution in [0.3, 0.4) is 0 Å². The Morgan fingerprint density at radius 1 is 1.30 bits per heavy atom. The van der Waals surface area contributed by atoms with Crippen LogP contribution in [0.25, 0.3) is 10.9 Å². The summed E-state index contributed by atoms with van der Waals surface area (Å²) in [6.45, 7) is 3.10. The second kappa shape index (κ2) is 4.80. The topological polar surface area (TPSA) is 45.1 Å². The Hall–Kier alpha value is -2.07. The fraction of sp³-hybridized carbons (Fsp3) is 0.312. The molecule has 4 nitrogen and oxygen atoms in total. The first kappa shape index (κ1) is 11.7. The number of para-hydroxylation sites is 1. The zero-order valence-electron chi connectivity index (χ0n) is 11.2. The first-order valence-corrected chi connectivity index (χ1v) is 7.08. The van der Waals surface area contributed by atoms with Gasteiger partial charge in [-0.2, -0.15) is 0 Å². The van der Waals surface area contributed by atoms with Crippen LogP contribution in [-0.4, -0.2) is 28.1 Å². The number of H-pyrrole nitrogens is 1. The maximum Gasteiger partial charge on any atom is 0.124 e. The van der Waals surface area contributed by atoms with Crippen LogP contribution in [0.15, 0.2) is 47.3 Å². The van der Waals surface area contributed by atoms with Crippen LogP contribution < -0.4 is 0 Å². The lowest BCUT2D eigenvalue weighted by Crippen LogP contribution is -2.19. The third-order valence-electron chi connectivity index (χ3n) is 4.21. The summed E-state index contributed by atoms with van der Waals surface area (Å²) in [5.41, 5.74) is 3.70. The zero-order valence-corrected chi connectivity index (χ0v) is 11.2. The number of fused-ring (bicyclic) bond motifs is 1. The highest BCUT2D eigenvalue weighted by molar-refractivity contribution is 5.83. The molecule has 3 heterocycles. The standard InChI is InChI=1S/C16H17N3O/c1-2-4-16-14(3-1)15(9-17-16)12-5-7-19(10-12)11-13-6-8-20-18-13/h1-4,6,8-9,12,17H,5,7,10-11H2/t12-/m0/s1. The van der Waals surface area contributed by atoms with Crippen molar-refractivity contribution in [2.24, 2.45) is 0 Å². The quantitative estimate of drug-likeness (QED) is 0.793. The van der Waals surface area contributed by atoms with Crippen molar-refractivity contribution < 1.29 is 4.52 Å². The largest absolute Gasteiger partial charge is 0.364 e. The van der Waals surface area contributed by atoms with Gasteiger partial charge in [0.25, 0.3) is 0 Å². The van der Waals surface area contributed by atoms with Crippen LogP contribution in [0.5, 0.6) is 0 Å². The van der Waals surface area contributed by atoms with Gasteiger partial charge in [0.15, 0.2) is 0 Å². The summed E-state index contributed by atoms with van der Waals surface area (Å²) in [6.07, 6.45) is 5.02. The lowest BCUT2D eigenvalue weighted by atomic mass is 9.98. The van der Waals surface area contributed by atoms with Crippen molar-refractivity contribution in [3.05, 3.63) is 54.0 Å². The maximum absolute atomic E-state index is 4.90. The van der Waals surface area contributed by atoms with Gasteiger partial charge in [-0.25, -0.2) is 0 Å². The monoisotopic (exact) mass is 267 g/mol. The maximum atomic E-state index is 4.90. The third-order valence-corrected chi connectivity index (χ3v) is 4.21. The predicted molar refractivity (Wildman–Crippen MR) is 77.4 cm³/mol. The lowest BCUT2D eigenvalue weighted by molar-refractivity contribution is 0.310. The van der Waals surface area contributed by atoms with Crippen molar-refractivity contribution in [2.45, 2.75) is 18.9 Å². The van der Waals surface area contributed by atoms with Crippen molar-refractivity contribution in [3.8, 4) is 0 Å². The van der Waals surface area contributed by atoms with Crippen LogP contribution in [0.2, 0.25) is 0 Å². The van der Waals surface area contributed by atoms with Crippen LogP contribution in [0, 0.1) is 0 Å². The van der Waals surface area contributed by atoms with Gasteiger partial charge in [-0.3, -0.25) is 4.90 Å². The summed E-state index contributed by atoms with van der Waals surface area (Å²) in [5, 5.41) is 5.36. The molecule has 4 heteroatoms. The summed E-state index contributed by atoms with van der Waals surface area (Å²) in [6, 6.07) is 10.5.